The summed E-state index contributed by atoms with van der Waals surface area (Å²) in [7, 11) is 2.68. The third-order valence-corrected chi connectivity index (χ3v) is 6.09. The molecule has 2 saturated heterocycles. The second-order valence-corrected chi connectivity index (χ2v) is 9.62. The van der Waals surface area contributed by atoms with Gasteiger partial charge in [-0.2, -0.15) is 0 Å². The molecule has 2 fully saturated rings. The monoisotopic (exact) mass is 622 g/mol. The van der Waals surface area contributed by atoms with Gasteiger partial charge in [-0.1, -0.05) is 0 Å². The number of esters is 6. The van der Waals surface area contributed by atoms with Crippen molar-refractivity contribution >= 4 is 35.8 Å². The van der Waals surface area contributed by atoms with Gasteiger partial charge in [0.25, 0.3) is 0 Å². The van der Waals surface area contributed by atoms with E-state index in [9.17, 15) is 28.8 Å². The van der Waals surface area contributed by atoms with Crippen molar-refractivity contribution in [2.75, 3.05) is 34.0 Å². The number of carbonyl (C=O) groups excluding carboxylic acids is 6. The summed E-state index contributed by atoms with van der Waals surface area (Å²) in [6.45, 7) is 5.11. The average molecular weight is 623 g/mol. The van der Waals surface area contributed by atoms with Crippen LogP contribution < -0.4 is 0 Å². The van der Waals surface area contributed by atoms with Gasteiger partial charge < -0.3 is 52.1 Å². The lowest BCUT2D eigenvalue weighted by atomic mass is 9.97. The summed E-state index contributed by atoms with van der Waals surface area (Å²) in [5.41, 5.74) is 0. The quantitative estimate of drug-likeness (QED) is 0.185. The van der Waals surface area contributed by atoms with E-state index in [1.54, 1.807) is 0 Å². The lowest BCUT2D eigenvalue weighted by Crippen LogP contribution is -2.65. The van der Waals surface area contributed by atoms with Crippen LogP contribution >= 0.6 is 0 Å². The molecule has 0 aromatic carbocycles. The predicted molar refractivity (Wildman–Crippen MR) is 136 cm³/mol. The van der Waals surface area contributed by atoms with Crippen molar-refractivity contribution in [1.29, 1.82) is 0 Å². The van der Waals surface area contributed by atoms with E-state index in [2.05, 4.69) is 0 Å². The lowest BCUT2D eigenvalue weighted by Gasteiger charge is -2.46. The van der Waals surface area contributed by atoms with Gasteiger partial charge in [0.15, 0.2) is 24.4 Å². The van der Waals surface area contributed by atoms with Crippen molar-refractivity contribution in [1.82, 2.24) is 0 Å². The van der Waals surface area contributed by atoms with Crippen molar-refractivity contribution in [2.24, 2.45) is 0 Å². The molecule has 43 heavy (non-hydrogen) atoms. The fourth-order valence-electron chi connectivity index (χ4n) is 4.67. The smallest absolute Gasteiger partial charge is 0.303 e. The highest BCUT2D eigenvalue weighted by atomic mass is 16.8. The Balaban J connectivity index is 2.71. The Morgan fingerprint density at radius 2 is 1.14 bits per heavy atom. The van der Waals surface area contributed by atoms with Crippen molar-refractivity contribution < 1.29 is 80.9 Å². The van der Waals surface area contributed by atoms with Gasteiger partial charge in [-0.05, 0) is 0 Å². The van der Waals surface area contributed by atoms with Gasteiger partial charge in [0.05, 0.1) is 6.61 Å². The predicted octanol–water partition coefficient (Wildman–Crippen LogP) is -0.663. The molecule has 0 bridgehead atoms. The Hall–Kier alpha value is -3.38. The van der Waals surface area contributed by atoms with Crippen LogP contribution in [0, 0.1) is 0 Å². The maximum Gasteiger partial charge on any atom is 0.303 e. The van der Waals surface area contributed by atoms with E-state index in [0.717, 1.165) is 41.5 Å². The number of methoxy groups -OCH3 is 2. The fourth-order valence-corrected chi connectivity index (χ4v) is 4.67. The van der Waals surface area contributed by atoms with Gasteiger partial charge in [-0.25, -0.2) is 0 Å². The van der Waals surface area contributed by atoms with Crippen LogP contribution in [0.4, 0.5) is 0 Å². The first-order valence-corrected chi connectivity index (χ1v) is 13.1. The molecular weight excluding hydrogens is 584 g/mol. The van der Waals surface area contributed by atoms with Crippen LogP contribution in [0.3, 0.4) is 0 Å². The highest BCUT2D eigenvalue weighted by Gasteiger charge is 2.64. The summed E-state index contributed by atoms with van der Waals surface area (Å²) >= 11 is 0. The largest absolute Gasteiger partial charge is 0.463 e. The molecule has 0 saturated carbocycles. The topological polar surface area (TPSA) is 204 Å². The molecule has 2 aliphatic heterocycles. The molecule has 2 heterocycles. The van der Waals surface area contributed by atoms with Crippen LogP contribution in [0.15, 0.2) is 0 Å². The van der Waals surface area contributed by atoms with E-state index in [0.29, 0.717) is 0 Å². The molecule has 17 nitrogen and oxygen atoms in total. The number of ether oxygens (including phenoxy) is 11. The number of hydrogen-bond acceptors (Lipinski definition) is 17. The van der Waals surface area contributed by atoms with Gasteiger partial charge in [0.1, 0.15) is 31.5 Å². The first-order valence-electron chi connectivity index (χ1n) is 13.1. The zero-order chi connectivity index (χ0) is 32.5. The van der Waals surface area contributed by atoms with Gasteiger partial charge in [-0.15, -0.1) is 0 Å². The van der Waals surface area contributed by atoms with Crippen LogP contribution in [0.25, 0.3) is 0 Å². The molecule has 244 valence electrons. The van der Waals surface area contributed by atoms with Gasteiger partial charge >= 0.3 is 35.8 Å². The zero-order valence-corrected chi connectivity index (χ0v) is 25.2. The van der Waals surface area contributed by atoms with E-state index in [4.69, 9.17) is 52.1 Å². The van der Waals surface area contributed by atoms with Gasteiger partial charge in [0.2, 0.25) is 12.1 Å². The summed E-state index contributed by atoms with van der Waals surface area (Å²) in [6, 6.07) is 0. The Kier molecular flexibility index (Phi) is 13.2. The lowest BCUT2D eigenvalue weighted by molar-refractivity contribution is -0.385. The van der Waals surface area contributed by atoms with E-state index in [1.165, 1.54) is 14.2 Å². The average Bonchev–Trinajstić information content (AvgIpc) is 3.14. The second-order valence-electron chi connectivity index (χ2n) is 9.62. The molecule has 0 amide bonds. The number of rotatable bonds is 13. The molecule has 17 heteroatoms. The minimum Gasteiger partial charge on any atom is -0.463 e. The van der Waals surface area contributed by atoms with E-state index in [-0.39, 0.29) is 6.61 Å². The molecule has 2 aliphatic rings. The normalized spacial score (nSPS) is 31.8. The van der Waals surface area contributed by atoms with Gasteiger partial charge in [0, 0.05) is 55.8 Å². The molecule has 9 atom stereocenters. The zero-order valence-electron chi connectivity index (χ0n) is 25.2. The summed E-state index contributed by atoms with van der Waals surface area (Å²) in [6.07, 6.45) is -11.0. The van der Waals surface area contributed by atoms with Crippen LogP contribution in [0.1, 0.15) is 41.5 Å². The Morgan fingerprint density at radius 1 is 0.605 bits per heavy atom. The Labute approximate surface area is 247 Å². The SMILES string of the molecule is COC[C@H]1O[C@H](O[C@]2(COC(C)=O)O[C@H](COC(C)=O)[C@@H](OC(C)=O)[C@@H]2OC(C)=O)[C@H](OC(C)=O)[C@@H](OC(C)=O)[C@@H]1OC. The van der Waals surface area contributed by atoms with Crippen molar-refractivity contribution in [3.8, 4) is 0 Å². The van der Waals surface area contributed by atoms with E-state index in [1.807, 2.05) is 0 Å². The van der Waals surface area contributed by atoms with Crippen LogP contribution in [0.5, 0.6) is 0 Å². The summed E-state index contributed by atoms with van der Waals surface area (Å²) < 4.78 is 61.2. The minimum atomic E-state index is -2.33. The molecule has 0 radical (unpaired) electrons. The Morgan fingerprint density at radius 3 is 1.63 bits per heavy atom. The number of hydrogen-bond donors (Lipinski definition) is 0. The molecule has 0 unspecified atom stereocenters. The van der Waals surface area contributed by atoms with Crippen LogP contribution in [-0.2, 0) is 80.9 Å². The maximum atomic E-state index is 12.3. The first kappa shape index (κ1) is 35.8. The summed E-state index contributed by atoms with van der Waals surface area (Å²) in [5.74, 6) is -7.16. The highest BCUT2D eigenvalue weighted by Crippen LogP contribution is 2.41. The molecule has 2 rings (SSSR count). The van der Waals surface area contributed by atoms with Crippen molar-refractivity contribution in [3.63, 3.8) is 0 Å². The van der Waals surface area contributed by atoms with Crippen molar-refractivity contribution in [3.05, 3.63) is 0 Å². The van der Waals surface area contributed by atoms with E-state index >= 15 is 0 Å². The molecule has 0 aromatic rings. The standard InChI is InChI=1S/C26H38O17/c1-12(27)35-10-19-21(37-14(3)29)24(40-17(6)32)26(42-19,11-36-13(2)28)43-25-23(39-16(5)31)22(38-15(4)30)20(34-8)18(41-25)9-33-7/h18-25H,9-11H2,1-8H3/t18-,19-,20-,21-,22+,23-,24+,25-,26+/m1/s1. The van der Waals surface area contributed by atoms with E-state index < -0.39 is 104 Å². The third kappa shape index (κ3) is 9.82. The first-order chi connectivity index (χ1) is 20.1. The maximum absolute atomic E-state index is 12.3. The van der Waals surface area contributed by atoms with Crippen molar-refractivity contribution in [2.45, 2.75) is 96.3 Å². The van der Waals surface area contributed by atoms with Crippen LogP contribution in [0.2, 0.25) is 0 Å². The second kappa shape index (κ2) is 15.9. The Bertz CT molecular complexity index is 1030. The summed E-state index contributed by atoms with van der Waals surface area (Å²) in [4.78, 5) is 72.2. The van der Waals surface area contributed by atoms with Crippen LogP contribution in [-0.4, -0.2) is 125 Å². The third-order valence-electron chi connectivity index (χ3n) is 6.09. The highest BCUT2D eigenvalue weighted by molar-refractivity contribution is 5.69. The van der Waals surface area contributed by atoms with Gasteiger partial charge in [-0.3, -0.25) is 28.8 Å². The molecule has 0 spiro atoms. The minimum absolute atomic E-state index is 0.126. The molecule has 0 aromatic heterocycles. The molecule has 0 N–H and O–H groups in total. The number of carbonyl (C=O) groups is 6. The molecular formula is C26H38O17. The fraction of sp³-hybridized carbons (Fsp3) is 0.769. The molecule has 0 aliphatic carbocycles. The summed E-state index contributed by atoms with van der Waals surface area (Å²) in [5, 5.41) is 0.